The molecule has 0 spiro atoms. The molecule has 0 unspecified atom stereocenters. The zero-order chi connectivity index (χ0) is 20.9. The number of benzene rings is 2. The average molecular weight is 413 g/mol. The number of hydrogen-bond acceptors (Lipinski definition) is 4. The molecule has 1 N–H and O–H groups in total. The summed E-state index contributed by atoms with van der Waals surface area (Å²) >= 11 is 0. The standard InChI is InChI=1S/C21H24N4O3S/c1-17-9-10-18(21(26)23-11-6-13-25-14-12-22-16-25)15-20(17)24(2)29(27,28)19-7-4-3-5-8-19/h3-5,7-10,12,14-16H,6,11,13H2,1-2H3,(H,23,26). The molecule has 3 aromatic rings. The molecule has 0 aliphatic heterocycles. The van der Waals surface area contributed by atoms with Gasteiger partial charge in [0.15, 0.2) is 0 Å². The molecule has 7 nitrogen and oxygen atoms in total. The van der Waals surface area contributed by atoms with E-state index in [1.165, 1.54) is 11.4 Å². The Labute approximate surface area is 171 Å². The van der Waals surface area contributed by atoms with E-state index in [1.54, 1.807) is 61.1 Å². The molecule has 152 valence electrons. The lowest BCUT2D eigenvalue weighted by atomic mass is 10.1. The Balaban J connectivity index is 1.71. The van der Waals surface area contributed by atoms with Crippen molar-refractivity contribution in [2.45, 2.75) is 24.8 Å². The maximum absolute atomic E-state index is 12.9. The molecule has 0 fully saturated rings. The predicted octanol–water partition coefficient (Wildman–Crippen LogP) is 2.84. The number of aryl methyl sites for hydroxylation is 2. The number of aromatic nitrogens is 2. The number of imidazole rings is 1. The van der Waals surface area contributed by atoms with Crippen LogP contribution in [0.5, 0.6) is 0 Å². The fraction of sp³-hybridized carbons (Fsp3) is 0.238. The van der Waals surface area contributed by atoms with Crippen molar-refractivity contribution >= 4 is 21.6 Å². The van der Waals surface area contributed by atoms with E-state index in [2.05, 4.69) is 10.3 Å². The van der Waals surface area contributed by atoms with Crippen molar-refractivity contribution in [1.82, 2.24) is 14.9 Å². The molecule has 1 aromatic heterocycles. The lowest BCUT2D eigenvalue weighted by Gasteiger charge is -2.22. The highest BCUT2D eigenvalue weighted by Gasteiger charge is 2.23. The Kier molecular flexibility index (Phi) is 6.33. The van der Waals surface area contributed by atoms with E-state index in [0.717, 1.165) is 18.5 Å². The van der Waals surface area contributed by atoms with Gasteiger partial charge < -0.3 is 9.88 Å². The van der Waals surface area contributed by atoms with Crippen LogP contribution in [-0.4, -0.2) is 37.5 Å². The number of sulfonamides is 1. The van der Waals surface area contributed by atoms with Crippen molar-refractivity contribution in [2.24, 2.45) is 0 Å². The molecule has 2 aromatic carbocycles. The minimum Gasteiger partial charge on any atom is -0.352 e. The van der Waals surface area contributed by atoms with Crippen molar-refractivity contribution in [3.8, 4) is 0 Å². The van der Waals surface area contributed by atoms with Crippen molar-refractivity contribution in [3.05, 3.63) is 78.4 Å². The molecular formula is C21H24N4O3S. The third-order valence-electron chi connectivity index (χ3n) is 4.65. The van der Waals surface area contributed by atoms with Gasteiger partial charge in [0.25, 0.3) is 15.9 Å². The number of hydrogen-bond donors (Lipinski definition) is 1. The first kappa shape index (κ1) is 20.6. The number of nitrogens with zero attached hydrogens (tertiary/aromatic N) is 3. The predicted molar refractivity (Wildman–Crippen MR) is 112 cm³/mol. The fourth-order valence-corrected chi connectivity index (χ4v) is 4.23. The Bertz CT molecular complexity index is 1060. The van der Waals surface area contributed by atoms with Gasteiger partial charge in [0, 0.05) is 38.1 Å². The van der Waals surface area contributed by atoms with Crippen LogP contribution < -0.4 is 9.62 Å². The van der Waals surface area contributed by atoms with Gasteiger partial charge in [-0.05, 0) is 43.2 Å². The monoisotopic (exact) mass is 412 g/mol. The summed E-state index contributed by atoms with van der Waals surface area (Å²) < 4.78 is 29.0. The Morgan fingerprint density at radius 3 is 2.62 bits per heavy atom. The van der Waals surface area contributed by atoms with Gasteiger partial charge in [-0.25, -0.2) is 13.4 Å². The van der Waals surface area contributed by atoms with Crippen molar-refractivity contribution in [2.75, 3.05) is 17.9 Å². The topological polar surface area (TPSA) is 84.3 Å². The molecule has 1 amide bonds. The largest absolute Gasteiger partial charge is 0.352 e. The first-order valence-corrected chi connectivity index (χ1v) is 10.7. The summed E-state index contributed by atoms with van der Waals surface area (Å²) in [5.74, 6) is -0.234. The van der Waals surface area contributed by atoms with Crippen LogP contribution in [0.4, 0.5) is 5.69 Å². The summed E-state index contributed by atoms with van der Waals surface area (Å²) in [6.45, 7) is 3.09. The number of rotatable bonds is 8. The average Bonchev–Trinajstić information content (AvgIpc) is 3.25. The van der Waals surface area contributed by atoms with Gasteiger partial charge in [-0.1, -0.05) is 24.3 Å². The van der Waals surface area contributed by atoms with Crippen LogP contribution in [0, 0.1) is 6.92 Å². The van der Waals surface area contributed by atoms with Crippen LogP contribution >= 0.6 is 0 Å². The normalized spacial score (nSPS) is 11.2. The van der Waals surface area contributed by atoms with Gasteiger partial charge in [0.05, 0.1) is 16.9 Å². The smallest absolute Gasteiger partial charge is 0.264 e. The van der Waals surface area contributed by atoms with E-state index in [0.29, 0.717) is 17.8 Å². The summed E-state index contributed by atoms with van der Waals surface area (Å²) in [4.78, 5) is 16.7. The van der Waals surface area contributed by atoms with E-state index in [-0.39, 0.29) is 10.8 Å². The molecule has 8 heteroatoms. The van der Waals surface area contributed by atoms with Gasteiger partial charge in [-0.15, -0.1) is 0 Å². The Morgan fingerprint density at radius 1 is 1.17 bits per heavy atom. The molecule has 0 bridgehead atoms. The van der Waals surface area contributed by atoms with E-state index in [9.17, 15) is 13.2 Å². The van der Waals surface area contributed by atoms with Crippen molar-refractivity contribution in [3.63, 3.8) is 0 Å². The second kappa shape index (κ2) is 8.91. The highest BCUT2D eigenvalue weighted by atomic mass is 32.2. The number of anilines is 1. The van der Waals surface area contributed by atoms with Gasteiger partial charge in [-0.2, -0.15) is 0 Å². The minimum absolute atomic E-state index is 0.205. The lowest BCUT2D eigenvalue weighted by Crippen LogP contribution is -2.28. The summed E-state index contributed by atoms with van der Waals surface area (Å²) in [5.41, 5.74) is 1.66. The number of carbonyl (C=O) groups is 1. The summed E-state index contributed by atoms with van der Waals surface area (Å²) in [5, 5.41) is 2.88. The van der Waals surface area contributed by atoms with E-state index >= 15 is 0 Å². The Morgan fingerprint density at radius 2 is 1.93 bits per heavy atom. The third kappa shape index (κ3) is 4.83. The fourth-order valence-electron chi connectivity index (χ4n) is 2.95. The molecule has 3 rings (SSSR count). The quantitative estimate of drug-likeness (QED) is 0.577. The second-order valence-corrected chi connectivity index (χ2v) is 8.67. The van der Waals surface area contributed by atoms with Gasteiger partial charge in [-0.3, -0.25) is 9.10 Å². The molecule has 0 aliphatic rings. The van der Waals surface area contributed by atoms with Crippen molar-refractivity contribution in [1.29, 1.82) is 0 Å². The number of nitrogens with one attached hydrogen (secondary N) is 1. The SMILES string of the molecule is Cc1ccc(C(=O)NCCCn2ccnc2)cc1N(C)S(=O)(=O)c1ccccc1. The molecule has 0 aliphatic carbocycles. The summed E-state index contributed by atoms with van der Waals surface area (Å²) in [6, 6.07) is 13.3. The summed E-state index contributed by atoms with van der Waals surface area (Å²) in [7, 11) is -2.21. The summed E-state index contributed by atoms with van der Waals surface area (Å²) in [6.07, 6.45) is 6.09. The minimum atomic E-state index is -3.71. The second-order valence-electron chi connectivity index (χ2n) is 6.70. The molecule has 0 radical (unpaired) electrons. The van der Waals surface area contributed by atoms with Crippen molar-refractivity contribution < 1.29 is 13.2 Å². The zero-order valence-electron chi connectivity index (χ0n) is 16.4. The van der Waals surface area contributed by atoms with Crippen LogP contribution in [0.25, 0.3) is 0 Å². The molecule has 1 heterocycles. The highest BCUT2D eigenvalue weighted by Crippen LogP contribution is 2.26. The molecule has 29 heavy (non-hydrogen) atoms. The van der Waals surface area contributed by atoms with Gasteiger partial charge in [0.1, 0.15) is 0 Å². The first-order valence-electron chi connectivity index (χ1n) is 9.28. The number of carbonyl (C=O) groups excluding carboxylic acids is 1. The molecule has 0 atom stereocenters. The van der Waals surface area contributed by atoms with Crippen LogP contribution in [0.1, 0.15) is 22.3 Å². The van der Waals surface area contributed by atoms with Crippen LogP contribution in [-0.2, 0) is 16.6 Å². The maximum atomic E-state index is 12.9. The van der Waals surface area contributed by atoms with E-state index in [4.69, 9.17) is 0 Å². The molecule has 0 saturated carbocycles. The zero-order valence-corrected chi connectivity index (χ0v) is 17.3. The Hall–Kier alpha value is -3.13. The molecular weight excluding hydrogens is 388 g/mol. The van der Waals surface area contributed by atoms with Crippen LogP contribution in [0.15, 0.2) is 72.1 Å². The van der Waals surface area contributed by atoms with E-state index < -0.39 is 10.0 Å². The highest BCUT2D eigenvalue weighted by molar-refractivity contribution is 7.92. The third-order valence-corrected chi connectivity index (χ3v) is 6.44. The first-order chi connectivity index (χ1) is 13.9. The van der Waals surface area contributed by atoms with Crippen LogP contribution in [0.2, 0.25) is 0 Å². The van der Waals surface area contributed by atoms with Gasteiger partial charge in [0.2, 0.25) is 0 Å². The van der Waals surface area contributed by atoms with Crippen LogP contribution in [0.3, 0.4) is 0 Å². The lowest BCUT2D eigenvalue weighted by molar-refractivity contribution is 0.0952. The maximum Gasteiger partial charge on any atom is 0.264 e. The van der Waals surface area contributed by atoms with E-state index in [1.807, 2.05) is 17.7 Å². The van der Waals surface area contributed by atoms with Gasteiger partial charge >= 0.3 is 0 Å². The number of amides is 1. The molecule has 0 saturated heterocycles.